The van der Waals surface area contributed by atoms with E-state index in [-0.39, 0.29) is 24.2 Å². The van der Waals surface area contributed by atoms with Crippen LogP contribution in [-0.2, 0) is 9.59 Å². The second-order valence-corrected chi connectivity index (χ2v) is 4.00. The summed E-state index contributed by atoms with van der Waals surface area (Å²) in [6.07, 6.45) is 2.89. The van der Waals surface area contributed by atoms with E-state index >= 15 is 0 Å². The second kappa shape index (κ2) is 5.44. The number of nitrogens with zero attached hydrogens (tertiary/aromatic N) is 1. The SMILES string of the molecule is O=C1CN(C(=O)/C=C\c2cccc(F)c2)CCN1. The molecule has 1 aliphatic heterocycles. The average Bonchev–Trinajstić information content (AvgIpc) is 2.36. The van der Waals surface area contributed by atoms with E-state index in [2.05, 4.69) is 5.32 Å². The lowest BCUT2D eigenvalue weighted by atomic mass is 10.2. The Kier molecular flexibility index (Phi) is 3.72. The van der Waals surface area contributed by atoms with E-state index in [1.54, 1.807) is 12.1 Å². The highest BCUT2D eigenvalue weighted by Crippen LogP contribution is 2.06. The fourth-order valence-corrected chi connectivity index (χ4v) is 1.71. The van der Waals surface area contributed by atoms with Crippen molar-refractivity contribution < 1.29 is 14.0 Å². The van der Waals surface area contributed by atoms with Crippen molar-refractivity contribution in [3.05, 3.63) is 41.7 Å². The van der Waals surface area contributed by atoms with Gasteiger partial charge in [0.05, 0.1) is 6.54 Å². The van der Waals surface area contributed by atoms with Gasteiger partial charge in [0.1, 0.15) is 5.82 Å². The van der Waals surface area contributed by atoms with Crippen molar-refractivity contribution in [1.29, 1.82) is 0 Å². The van der Waals surface area contributed by atoms with Crippen molar-refractivity contribution in [2.45, 2.75) is 0 Å². The molecule has 1 fully saturated rings. The summed E-state index contributed by atoms with van der Waals surface area (Å²) in [5.41, 5.74) is 0.616. The molecule has 0 spiro atoms. The largest absolute Gasteiger partial charge is 0.353 e. The topological polar surface area (TPSA) is 49.4 Å². The van der Waals surface area contributed by atoms with Crippen LogP contribution in [0, 0.1) is 5.82 Å². The minimum atomic E-state index is -0.345. The number of benzene rings is 1. The van der Waals surface area contributed by atoms with E-state index in [1.165, 1.54) is 29.2 Å². The average molecular weight is 248 g/mol. The van der Waals surface area contributed by atoms with Crippen LogP contribution in [0.3, 0.4) is 0 Å². The van der Waals surface area contributed by atoms with Crippen LogP contribution in [0.15, 0.2) is 30.3 Å². The maximum Gasteiger partial charge on any atom is 0.247 e. The maximum atomic E-state index is 12.9. The van der Waals surface area contributed by atoms with E-state index in [1.807, 2.05) is 0 Å². The zero-order valence-corrected chi connectivity index (χ0v) is 9.73. The molecule has 4 nitrogen and oxygen atoms in total. The molecule has 94 valence electrons. The quantitative estimate of drug-likeness (QED) is 0.787. The molecule has 1 heterocycles. The Balaban J connectivity index is 2.00. The number of hydrogen-bond donors (Lipinski definition) is 1. The van der Waals surface area contributed by atoms with Gasteiger partial charge in [0.2, 0.25) is 11.8 Å². The molecule has 0 atom stereocenters. The van der Waals surface area contributed by atoms with Crippen molar-refractivity contribution in [3.8, 4) is 0 Å². The minimum Gasteiger partial charge on any atom is -0.353 e. The van der Waals surface area contributed by atoms with Crippen LogP contribution >= 0.6 is 0 Å². The van der Waals surface area contributed by atoms with Crippen LogP contribution < -0.4 is 5.32 Å². The Morgan fingerprint density at radius 1 is 1.44 bits per heavy atom. The molecule has 0 saturated carbocycles. The fraction of sp³-hybridized carbons (Fsp3) is 0.231. The van der Waals surface area contributed by atoms with Gasteiger partial charge in [0.15, 0.2) is 0 Å². The molecule has 0 radical (unpaired) electrons. The van der Waals surface area contributed by atoms with E-state index in [0.717, 1.165) is 0 Å². The van der Waals surface area contributed by atoms with Gasteiger partial charge >= 0.3 is 0 Å². The zero-order valence-electron chi connectivity index (χ0n) is 9.73. The zero-order chi connectivity index (χ0) is 13.0. The summed E-state index contributed by atoms with van der Waals surface area (Å²) >= 11 is 0. The summed E-state index contributed by atoms with van der Waals surface area (Å²) in [5.74, 6) is -0.746. The van der Waals surface area contributed by atoms with Crippen LogP contribution in [-0.4, -0.2) is 36.3 Å². The Bertz CT molecular complexity index is 500. The smallest absolute Gasteiger partial charge is 0.247 e. The number of carbonyl (C=O) groups is 2. The van der Waals surface area contributed by atoms with Crippen LogP contribution in [0.5, 0.6) is 0 Å². The van der Waals surface area contributed by atoms with Gasteiger partial charge in [-0.25, -0.2) is 4.39 Å². The minimum absolute atomic E-state index is 0.0757. The van der Waals surface area contributed by atoms with Crippen molar-refractivity contribution in [2.75, 3.05) is 19.6 Å². The molecule has 0 aromatic heterocycles. The molecule has 0 unspecified atom stereocenters. The Morgan fingerprint density at radius 3 is 3.00 bits per heavy atom. The summed E-state index contributed by atoms with van der Waals surface area (Å²) in [5, 5.41) is 2.64. The molecule has 0 bridgehead atoms. The van der Waals surface area contributed by atoms with Crippen molar-refractivity contribution >= 4 is 17.9 Å². The summed E-state index contributed by atoms with van der Waals surface area (Å²) in [4.78, 5) is 24.3. The first kappa shape index (κ1) is 12.3. The number of amides is 2. The molecule has 18 heavy (non-hydrogen) atoms. The molecule has 0 aliphatic carbocycles. The maximum absolute atomic E-state index is 12.9. The monoisotopic (exact) mass is 248 g/mol. The van der Waals surface area contributed by atoms with Gasteiger partial charge in [-0.05, 0) is 23.8 Å². The van der Waals surface area contributed by atoms with Gasteiger partial charge in [0.25, 0.3) is 0 Å². The van der Waals surface area contributed by atoms with Crippen molar-refractivity contribution in [3.63, 3.8) is 0 Å². The first-order chi connectivity index (χ1) is 8.65. The van der Waals surface area contributed by atoms with Gasteiger partial charge in [-0.15, -0.1) is 0 Å². The molecular formula is C13H13FN2O2. The summed E-state index contributed by atoms with van der Waals surface area (Å²) < 4.78 is 12.9. The van der Waals surface area contributed by atoms with Crippen molar-refractivity contribution in [2.24, 2.45) is 0 Å². The van der Waals surface area contributed by atoms with E-state index in [9.17, 15) is 14.0 Å². The molecule has 1 N–H and O–H groups in total. The van der Waals surface area contributed by atoms with Crippen LogP contribution in [0.1, 0.15) is 5.56 Å². The van der Waals surface area contributed by atoms with E-state index < -0.39 is 0 Å². The lowest BCUT2D eigenvalue weighted by Crippen LogP contribution is -2.49. The molecule has 1 aliphatic rings. The van der Waals surface area contributed by atoms with Crippen LogP contribution in [0.25, 0.3) is 6.08 Å². The first-order valence-corrected chi connectivity index (χ1v) is 5.64. The van der Waals surface area contributed by atoms with E-state index in [0.29, 0.717) is 18.7 Å². The van der Waals surface area contributed by atoms with Gasteiger partial charge in [-0.1, -0.05) is 12.1 Å². The number of hydrogen-bond acceptors (Lipinski definition) is 2. The van der Waals surface area contributed by atoms with Gasteiger partial charge in [0, 0.05) is 19.2 Å². The lowest BCUT2D eigenvalue weighted by molar-refractivity contribution is -0.134. The first-order valence-electron chi connectivity index (χ1n) is 5.64. The highest BCUT2D eigenvalue weighted by atomic mass is 19.1. The van der Waals surface area contributed by atoms with Crippen LogP contribution in [0.4, 0.5) is 4.39 Å². The van der Waals surface area contributed by atoms with Crippen molar-refractivity contribution in [1.82, 2.24) is 10.2 Å². The Morgan fingerprint density at radius 2 is 2.28 bits per heavy atom. The highest BCUT2D eigenvalue weighted by Gasteiger charge is 2.18. The number of rotatable bonds is 2. The molecule has 2 rings (SSSR count). The van der Waals surface area contributed by atoms with Gasteiger partial charge in [-0.3, -0.25) is 9.59 Å². The predicted molar refractivity (Wildman–Crippen MR) is 65.0 cm³/mol. The predicted octanol–water partition coefficient (Wildman–Crippen LogP) is 0.797. The third-order valence-corrected chi connectivity index (χ3v) is 2.62. The molecule has 5 heteroatoms. The van der Waals surface area contributed by atoms with Gasteiger partial charge in [-0.2, -0.15) is 0 Å². The molecule has 2 amide bonds. The Hall–Kier alpha value is -2.17. The third-order valence-electron chi connectivity index (χ3n) is 2.62. The Labute approximate surface area is 104 Å². The molecule has 1 aromatic carbocycles. The highest BCUT2D eigenvalue weighted by molar-refractivity contribution is 5.94. The summed E-state index contributed by atoms with van der Waals surface area (Å²) in [7, 11) is 0. The number of carbonyl (C=O) groups excluding carboxylic acids is 2. The second-order valence-electron chi connectivity index (χ2n) is 4.00. The third kappa shape index (κ3) is 3.16. The number of halogens is 1. The molecule has 1 aromatic rings. The summed E-state index contributed by atoms with van der Waals surface area (Å²) in [6.45, 7) is 1.04. The molecular weight excluding hydrogens is 235 g/mol. The lowest BCUT2D eigenvalue weighted by Gasteiger charge is -2.25. The van der Waals surface area contributed by atoms with Gasteiger partial charge < -0.3 is 10.2 Å². The molecule has 1 saturated heterocycles. The fourth-order valence-electron chi connectivity index (χ4n) is 1.71. The normalized spacial score (nSPS) is 15.8. The number of nitrogens with one attached hydrogen (secondary N) is 1. The van der Waals surface area contributed by atoms with E-state index in [4.69, 9.17) is 0 Å². The standard InChI is InChI=1S/C13H13FN2O2/c14-11-3-1-2-10(8-11)4-5-13(18)16-7-6-15-12(17)9-16/h1-5,8H,6-7,9H2,(H,15,17)/b5-4-. The summed E-state index contributed by atoms with van der Waals surface area (Å²) in [6, 6.07) is 5.96. The van der Waals surface area contributed by atoms with Crippen LogP contribution in [0.2, 0.25) is 0 Å². The number of piperazine rings is 1.